The van der Waals surface area contributed by atoms with Crippen LogP contribution in [-0.2, 0) is 23.9 Å². The molecule has 1 aromatic carbocycles. The van der Waals surface area contributed by atoms with Gasteiger partial charge in [0.15, 0.2) is 0 Å². The zero-order valence-corrected chi connectivity index (χ0v) is 19.1. The fourth-order valence-electron chi connectivity index (χ4n) is 2.96. The lowest BCUT2D eigenvalue weighted by Crippen LogP contribution is -2.48. The molecule has 0 bridgehead atoms. The fourth-order valence-corrected chi connectivity index (χ4v) is 2.96. The van der Waals surface area contributed by atoms with Crippen molar-refractivity contribution in [1.29, 1.82) is 0 Å². The van der Waals surface area contributed by atoms with Crippen LogP contribution >= 0.6 is 0 Å². The number of nitrogens with one attached hydrogen (secondary N) is 1. The van der Waals surface area contributed by atoms with Gasteiger partial charge in [-0.15, -0.1) is 0 Å². The van der Waals surface area contributed by atoms with Crippen LogP contribution in [0.2, 0.25) is 0 Å². The van der Waals surface area contributed by atoms with E-state index in [0.29, 0.717) is 6.42 Å². The molecule has 30 heavy (non-hydrogen) atoms. The Morgan fingerprint density at radius 2 is 1.40 bits per heavy atom. The van der Waals surface area contributed by atoms with E-state index in [1.165, 1.54) is 6.92 Å². The van der Waals surface area contributed by atoms with E-state index in [4.69, 9.17) is 9.47 Å². The van der Waals surface area contributed by atoms with E-state index >= 15 is 0 Å². The summed E-state index contributed by atoms with van der Waals surface area (Å²) in [6, 6.07) is -1.18. The predicted molar refractivity (Wildman–Crippen MR) is 112 cm³/mol. The summed E-state index contributed by atoms with van der Waals surface area (Å²) in [5.41, 5.74) is -2.91. The van der Waals surface area contributed by atoms with Crippen molar-refractivity contribution in [3.63, 3.8) is 0 Å². The average molecular weight is 424 g/mol. The Morgan fingerprint density at radius 1 is 0.900 bits per heavy atom. The van der Waals surface area contributed by atoms with Crippen LogP contribution in [0.1, 0.15) is 84.8 Å². The maximum Gasteiger partial charge on any atom is 0.329 e. The van der Waals surface area contributed by atoms with Crippen molar-refractivity contribution in [2.45, 2.75) is 97.8 Å². The Labute approximate surface area is 177 Å². The predicted octanol–water partition coefficient (Wildman–Crippen LogP) is 2.03. The monoisotopic (exact) mass is 423 g/mol. The lowest BCUT2D eigenvalue weighted by molar-refractivity contribution is -0.161. The van der Waals surface area contributed by atoms with Gasteiger partial charge in [-0.05, 0) is 61.3 Å². The number of amides is 1. The molecule has 0 radical (unpaired) electrons. The van der Waals surface area contributed by atoms with Crippen LogP contribution in [0.25, 0.3) is 0 Å². The van der Waals surface area contributed by atoms with Crippen molar-refractivity contribution >= 4 is 17.8 Å². The van der Waals surface area contributed by atoms with Crippen molar-refractivity contribution in [2.24, 2.45) is 0 Å². The Kier molecular flexibility index (Phi) is 8.11. The molecule has 0 aliphatic carbocycles. The van der Waals surface area contributed by atoms with Crippen molar-refractivity contribution in [3.8, 4) is 0 Å². The number of rotatable bonds is 8. The smallest absolute Gasteiger partial charge is 0.329 e. The van der Waals surface area contributed by atoms with Crippen LogP contribution in [0.3, 0.4) is 0 Å². The second kappa shape index (κ2) is 9.53. The number of hydrogen-bond acceptors (Lipinski definition) is 7. The third-order valence-corrected chi connectivity index (χ3v) is 4.21. The molecule has 1 aromatic rings. The second-order valence-electron chi connectivity index (χ2n) is 9.42. The standard InChI is InChI=1S/C22H33NO7/c1-9-10-15(24)23-14(20(28)30-22(6,7)8)11-13(19(27)29-21(3,4)5)16-12(2)17(25)18(16)26/h13-14H,9-11H2,1-8H3,(H,23,24)/t13?,14-/m1/s1. The fraction of sp³-hybridized carbons (Fsp3) is 0.682. The normalized spacial score (nSPS) is 14.1. The zero-order valence-electron chi connectivity index (χ0n) is 19.1. The molecule has 1 N–H and O–H groups in total. The van der Waals surface area contributed by atoms with Crippen molar-refractivity contribution < 1.29 is 23.9 Å². The van der Waals surface area contributed by atoms with Crippen molar-refractivity contribution in [1.82, 2.24) is 5.32 Å². The molecule has 0 aromatic heterocycles. The van der Waals surface area contributed by atoms with E-state index in [-0.39, 0.29) is 29.9 Å². The highest BCUT2D eigenvalue weighted by Gasteiger charge is 2.38. The first kappa shape index (κ1) is 25.5. The van der Waals surface area contributed by atoms with E-state index in [2.05, 4.69) is 5.32 Å². The molecular formula is C22H33NO7. The molecule has 1 amide bonds. The third kappa shape index (κ3) is 7.07. The largest absolute Gasteiger partial charge is 0.459 e. The summed E-state index contributed by atoms with van der Waals surface area (Å²) in [5.74, 6) is -3.01. The van der Waals surface area contributed by atoms with Crippen LogP contribution in [0.4, 0.5) is 0 Å². The van der Waals surface area contributed by atoms with E-state index < -0.39 is 46.0 Å². The highest BCUT2D eigenvalue weighted by atomic mass is 16.6. The number of ether oxygens (including phenoxy) is 2. The molecule has 0 heterocycles. The average Bonchev–Trinajstić information content (AvgIpc) is 2.56. The van der Waals surface area contributed by atoms with Gasteiger partial charge in [0, 0.05) is 17.5 Å². The van der Waals surface area contributed by atoms with Gasteiger partial charge in [0.1, 0.15) is 17.2 Å². The number of carbonyl (C=O) groups excluding carboxylic acids is 3. The summed E-state index contributed by atoms with van der Waals surface area (Å²) < 4.78 is 10.8. The highest BCUT2D eigenvalue weighted by Crippen LogP contribution is 2.26. The maximum absolute atomic E-state index is 12.9. The molecule has 0 spiro atoms. The number of esters is 2. The van der Waals surface area contributed by atoms with Crippen LogP contribution in [-0.4, -0.2) is 35.1 Å². The molecule has 8 heteroatoms. The first-order chi connectivity index (χ1) is 13.6. The molecular weight excluding hydrogens is 390 g/mol. The summed E-state index contributed by atoms with van der Waals surface area (Å²) in [4.78, 5) is 61.7. The first-order valence-electron chi connectivity index (χ1n) is 10.1. The van der Waals surface area contributed by atoms with Gasteiger partial charge in [0.05, 0.1) is 5.92 Å². The summed E-state index contributed by atoms with van der Waals surface area (Å²) in [5, 5.41) is 2.59. The highest BCUT2D eigenvalue weighted by molar-refractivity contribution is 5.86. The summed E-state index contributed by atoms with van der Waals surface area (Å²) in [7, 11) is 0. The molecule has 0 saturated heterocycles. The molecule has 1 rings (SSSR count). The molecule has 0 aliphatic rings. The van der Waals surface area contributed by atoms with Crippen LogP contribution in [0.5, 0.6) is 0 Å². The van der Waals surface area contributed by atoms with Crippen LogP contribution in [0, 0.1) is 6.92 Å². The molecule has 168 valence electrons. The van der Waals surface area contributed by atoms with Crippen LogP contribution in [0.15, 0.2) is 9.59 Å². The van der Waals surface area contributed by atoms with Gasteiger partial charge >= 0.3 is 11.9 Å². The number of carbonyl (C=O) groups is 3. The first-order valence-corrected chi connectivity index (χ1v) is 10.1. The van der Waals surface area contributed by atoms with Crippen molar-refractivity contribution in [3.05, 3.63) is 31.6 Å². The van der Waals surface area contributed by atoms with Gasteiger partial charge in [0.25, 0.3) is 0 Å². The lowest BCUT2D eigenvalue weighted by atomic mass is 9.85. The number of hydrogen-bond donors (Lipinski definition) is 1. The summed E-state index contributed by atoms with van der Waals surface area (Å²) in [6.07, 6.45) is 0.514. The molecule has 1 unspecified atom stereocenters. The maximum atomic E-state index is 12.9. The van der Waals surface area contributed by atoms with Crippen molar-refractivity contribution in [2.75, 3.05) is 0 Å². The Bertz CT molecular complexity index is 864. The van der Waals surface area contributed by atoms with Crippen LogP contribution < -0.4 is 16.2 Å². The Hall–Kier alpha value is -2.51. The summed E-state index contributed by atoms with van der Waals surface area (Å²) in [6.45, 7) is 13.3. The zero-order chi connectivity index (χ0) is 23.4. The van der Waals surface area contributed by atoms with Gasteiger partial charge in [-0.25, -0.2) is 4.79 Å². The summed E-state index contributed by atoms with van der Waals surface area (Å²) >= 11 is 0. The Morgan fingerprint density at radius 3 is 1.83 bits per heavy atom. The molecule has 0 fully saturated rings. The van der Waals surface area contributed by atoms with Gasteiger partial charge < -0.3 is 14.8 Å². The quantitative estimate of drug-likeness (QED) is 0.502. The van der Waals surface area contributed by atoms with E-state index in [0.717, 1.165) is 0 Å². The molecule has 0 aliphatic heterocycles. The lowest BCUT2D eigenvalue weighted by Gasteiger charge is -2.29. The third-order valence-electron chi connectivity index (χ3n) is 4.21. The van der Waals surface area contributed by atoms with E-state index in [1.807, 2.05) is 6.92 Å². The Balaban J connectivity index is 3.31. The molecule has 0 saturated carbocycles. The minimum absolute atomic E-state index is 0.0209. The van der Waals surface area contributed by atoms with E-state index in [1.54, 1.807) is 41.5 Å². The van der Waals surface area contributed by atoms with Gasteiger partial charge in [-0.2, -0.15) is 0 Å². The van der Waals surface area contributed by atoms with Gasteiger partial charge in [-0.3, -0.25) is 19.2 Å². The van der Waals surface area contributed by atoms with Gasteiger partial charge in [0.2, 0.25) is 16.8 Å². The second-order valence-corrected chi connectivity index (χ2v) is 9.42. The van der Waals surface area contributed by atoms with E-state index in [9.17, 15) is 24.0 Å². The minimum atomic E-state index is -1.18. The molecule has 2 atom stereocenters. The minimum Gasteiger partial charge on any atom is -0.459 e. The topological polar surface area (TPSA) is 116 Å². The SMILES string of the molecule is CCCC(=O)N[C@H](CC(C(=O)OC(C)(C)C)c1c(C)c(=O)c1=O)C(=O)OC(C)(C)C. The van der Waals surface area contributed by atoms with Gasteiger partial charge in [-0.1, -0.05) is 6.92 Å². The molecule has 8 nitrogen and oxygen atoms in total.